The molecule has 4 heterocycles. The van der Waals surface area contributed by atoms with Gasteiger partial charge in [0.1, 0.15) is 23.9 Å². The summed E-state index contributed by atoms with van der Waals surface area (Å²) in [7, 11) is 0. The quantitative estimate of drug-likeness (QED) is 0.908. The van der Waals surface area contributed by atoms with Crippen molar-refractivity contribution in [3.63, 3.8) is 0 Å². The molecule has 0 radical (unpaired) electrons. The SMILES string of the molecule is Cc1nc([C@@H]2CCCN(C(=O)c3scc4c3OCCO4)C2)n[nH]1. The number of aryl methyl sites for hydroxylation is 1. The molecule has 8 heteroatoms. The lowest BCUT2D eigenvalue weighted by Gasteiger charge is -2.31. The van der Waals surface area contributed by atoms with Crippen LogP contribution in [-0.4, -0.2) is 52.3 Å². The van der Waals surface area contributed by atoms with Crippen LogP contribution < -0.4 is 9.47 Å². The van der Waals surface area contributed by atoms with Gasteiger partial charge < -0.3 is 14.4 Å². The Morgan fingerprint density at radius 1 is 1.43 bits per heavy atom. The molecule has 0 unspecified atom stereocenters. The van der Waals surface area contributed by atoms with Crippen molar-refractivity contribution in [3.05, 3.63) is 21.9 Å². The van der Waals surface area contributed by atoms with Gasteiger partial charge in [-0.2, -0.15) is 5.10 Å². The second-order valence-corrected chi connectivity index (χ2v) is 6.70. The highest BCUT2D eigenvalue weighted by Crippen LogP contribution is 2.40. The number of ether oxygens (including phenoxy) is 2. The first kappa shape index (κ1) is 14.5. The van der Waals surface area contributed by atoms with Gasteiger partial charge in [0.25, 0.3) is 5.91 Å². The summed E-state index contributed by atoms with van der Waals surface area (Å²) in [4.78, 5) is 19.8. The van der Waals surface area contributed by atoms with Crippen LogP contribution in [0.5, 0.6) is 11.5 Å². The molecule has 2 aromatic heterocycles. The predicted octanol–water partition coefficient (Wildman–Crippen LogP) is 1.97. The lowest BCUT2D eigenvalue weighted by Crippen LogP contribution is -2.39. The van der Waals surface area contributed by atoms with Crippen molar-refractivity contribution < 1.29 is 14.3 Å². The van der Waals surface area contributed by atoms with E-state index in [9.17, 15) is 4.79 Å². The number of carbonyl (C=O) groups excluding carboxylic acids is 1. The summed E-state index contributed by atoms with van der Waals surface area (Å²) in [5, 5.41) is 8.98. The lowest BCUT2D eigenvalue weighted by atomic mass is 9.97. The Kier molecular flexibility index (Phi) is 3.68. The molecule has 1 fully saturated rings. The molecular weight excluding hydrogens is 316 g/mol. The monoisotopic (exact) mass is 334 g/mol. The molecule has 1 atom stereocenters. The zero-order valence-electron chi connectivity index (χ0n) is 12.9. The predicted molar refractivity (Wildman–Crippen MR) is 84.3 cm³/mol. The minimum absolute atomic E-state index is 0.0127. The fraction of sp³-hybridized carbons (Fsp3) is 0.533. The van der Waals surface area contributed by atoms with Crippen LogP contribution in [-0.2, 0) is 0 Å². The summed E-state index contributed by atoms with van der Waals surface area (Å²) in [6.45, 7) is 4.31. The van der Waals surface area contributed by atoms with Crippen LogP contribution in [0.3, 0.4) is 0 Å². The Morgan fingerprint density at radius 2 is 2.30 bits per heavy atom. The van der Waals surface area contributed by atoms with E-state index in [0.29, 0.717) is 36.1 Å². The average Bonchev–Trinajstić information content (AvgIpc) is 3.20. The number of hydrogen-bond donors (Lipinski definition) is 1. The number of rotatable bonds is 2. The number of nitrogens with one attached hydrogen (secondary N) is 1. The zero-order chi connectivity index (χ0) is 15.8. The van der Waals surface area contributed by atoms with Crippen molar-refractivity contribution in [3.8, 4) is 11.5 Å². The molecule has 0 aliphatic carbocycles. The first-order valence-corrected chi connectivity index (χ1v) is 8.65. The molecule has 0 saturated carbocycles. The highest BCUT2D eigenvalue weighted by Gasteiger charge is 2.31. The van der Waals surface area contributed by atoms with Crippen LogP contribution >= 0.6 is 11.3 Å². The number of piperidine rings is 1. The van der Waals surface area contributed by atoms with E-state index in [4.69, 9.17) is 9.47 Å². The molecule has 1 saturated heterocycles. The van der Waals surface area contributed by atoms with Gasteiger partial charge >= 0.3 is 0 Å². The Hall–Kier alpha value is -2.09. The van der Waals surface area contributed by atoms with E-state index in [1.807, 2.05) is 17.2 Å². The fourth-order valence-electron chi connectivity index (χ4n) is 3.07. The number of amides is 1. The van der Waals surface area contributed by atoms with Gasteiger partial charge in [-0.25, -0.2) is 4.98 Å². The molecule has 7 nitrogen and oxygen atoms in total. The molecule has 2 aliphatic rings. The molecule has 122 valence electrons. The Labute approximate surface area is 137 Å². The second-order valence-electron chi connectivity index (χ2n) is 5.82. The molecule has 4 rings (SSSR count). The Bertz CT molecular complexity index is 726. The third-order valence-corrected chi connectivity index (χ3v) is 5.11. The van der Waals surface area contributed by atoms with Crippen molar-refractivity contribution in [2.75, 3.05) is 26.3 Å². The topological polar surface area (TPSA) is 80.3 Å². The normalized spacial score (nSPS) is 20.6. The number of fused-ring (bicyclic) bond motifs is 1. The number of aromatic nitrogens is 3. The van der Waals surface area contributed by atoms with E-state index in [2.05, 4.69) is 15.2 Å². The largest absolute Gasteiger partial charge is 0.485 e. The van der Waals surface area contributed by atoms with Gasteiger partial charge in [0.15, 0.2) is 17.3 Å². The van der Waals surface area contributed by atoms with Crippen LogP contribution in [0.2, 0.25) is 0 Å². The summed E-state index contributed by atoms with van der Waals surface area (Å²) in [6, 6.07) is 0. The lowest BCUT2D eigenvalue weighted by molar-refractivity contribution is 0.0701. The van der Waals surface area contributed by atoms with Crippen molar-refractivity contribution in [2.24, 2.45) is 0 Å². The number of thiophene rings is 1. The van der Waals surface area contributed by atoms with E-state index in [1.165, 1.54) is 11.3 Å². The minimum Gasteiger partial charge on any atom is -0.485 e. The highest BCUT2D eigenvalue weighted by molar-refractivity contribution is 7.12. The summed E-state index contributed by atoms with van der Waals surface area (Å²) in [6.07, 6.45) is 1.96. The average molecular weight is 334 g/mol. The van der Waals surface area contributed by atoms with Crippen molar-refractivity contribution >= 4 is 17.2 Å². The van der Waals surface area contributed by atoms with Gasteiger partial charge in [0.05, 0.1) is 0 Å². The van der Waals surface area contributed by atoms with Crippen molar-refractivity contribution in [1.82, 2.24) is 20.1 Å². The number of carbonyl (C=O) groups is 1. The van der Waals surface area contributed by atoms with Gasteiger partial charge in [-0.1, -0.05) is 0 Å². The highest BCUT2D eigenvalue weighted by atomic mass is 32.1. The number of aromatic amines is 1. The molecule has 2 aliphatic heterocycles. The standard InChI is InChI=1S/C15H18N4O3S/c1-9-16-14(18-17-9)10-3-2-4-19(7-10)15(20)13-12-11(8-23-13)21-5-6-22-12/h8,10H,2-7H2,1H3,(H,16,17,18)/t10-/m1/s1. The smallest absolute Gasteiger partial charge is 0.267 e. The third kappa shape index (κ3) is 2.67. The molecule has 1 N–H and O–H groups in total. The minimum atomic E-state index is 0.0127. The number of likely N-dealkylation sites (tertiary alicyclic amines) is 1. The fourth-order valence-corrected chi connectivity index (χ4v) is 3.97. The molecule has 2 aromatic rings. The molecule has 1 amide bonds. The maximum Gasteiger partial charge on any atom is 0.267 e. The first-order chi connectivity index (χ1) is 11.2. The molecule has 0 aromatic carbocycles. The number of H-pyrrole nitrogens is 1. The number of hydrogen-bond acceptors (Lipinski definition) is 6. The maximum atomic E-state index is 12.9. The summed E-state index contributed by atoms with van der Waals surface area (Å²) >= 11 is 1.39. The summed E-state index contributed by atoms with van der Waals surface area (Å²) in [5.41, 5.74) is 0. The van der Waals surface area contributed by atoms with Crippen LogP contribution in [0.15, 0.2) is 5.38 Å². The van der Waals surface area contributed by atoms with E-state index in [-0.39, 0.29) is 11.8 Å². The van der Waals surface area contributed by atoms with Gasteiger partial charge in [-0.15, -0.1) is 11.3 Å². The summed E-state index contributed by atoms with van der Waals surface area (Å²) in [5.74, 6) is 3.09. The van der Waals surface area contributed by atoms with Gasteiger partial charge in [0.2, 0.25) is 0 Å². The molecule has 23 heavy (non-hydrogen) atoms. The van der Waals surface area contributed by atoms with E-state index < -0.39 is 0 Å². The summed E-state index contributed by atoms with van der Waals surface area (Å²) < 4.78 is 11.2. The van der Waals surface area contributed by atoms with Crippen LogP contribution in [0, 0.1) is 6.92 Å². The van der Waals surface area contributed by atoms with E-state index in [1.54, 1.807) is 0 Å². The van der Waals surface area contributed by atoms with E-state index >= 15 is 0 Å². The van der Waals surface area contributed by atoms with Crippen LogP contribution in [0.25, 0.3) is 0 Å². The number of nitrogens with zero attached hydrogens (tertiary/aromatic N) is 3. The first-order valence-electron chi connectivity index (χ1n) is 7.77. The van der Waals surface area contributed by atoms with Crippen molar-refractivity contribution in [1.29, 1.82) is 0 Å². The Balaban J connectivity index is 1.53. The maximum absolute atomic E-state index is 12.9. The zero-order valence-corrected chi connectivity index (χ0v) is 13.7. The van der Waals surface area contributed by atoms with Crippen LogP contribution in [0.4, 0.5) is 0 Å². The molecule has 0 bridgehead atoms. The molecule has 0 spiro atoms. The van der Waals surface area contributed by atoms with Crippen molar-refractivity contribution in [2.45, 2.75) is 25.7 Å². The van der Waals surface area contributed by atoms with Crippen LogP contribution in [0.1, 0.15) is 40.1 Å². The van der Waals surface area contributed by atoms with Gasteiger partial charge in [-0.3, -0.25) is 9.89 Å². The van der Waals surface area contributed by atoms with Gasteiger partial charge in [0, 0.05) is 24.4 Å². The Morgan fingerprint density at radius 3 is 3.13 bits per heavy atom. The van der Waals surface area contributed by atoms with E-state index in [0.717, 1.165) is 31.0 Å². The third-order valence-electron chi connectivity index (χ3n) is 4.18. The molecular formula is C15H18N4O3S. The second kappa shape index (κ2) is 5.84. The van der Waals surface area contributed by atoms with Gasteiger partial charge in [-0.05, 0) is 19.8 Å².